The van der Waals surface area contributed by atoms with Crippen molar-refractivity contribution in [1.82, 2.24) is 4.98 Å². The number of benzene rings is 1. The molecule has 0 radical (unpaired) electrons. The van der Waals surface area contributed by atoms with Crippen LogP contribution < -0.4 is 4.90 Å². The Hall–Kier alpha value is -1.75. The summed E-state index contributed by atoms with van der Waals surface area (Å²) in [5.41, 5.74) is 0.918. The predicted octanol–water partition coefficient (Wildman–Crippen LogP) is 3.87. The van der Waals surface area contributed by atoms with Gasteiger partial charge in [-0.15, -0.1) is 11.3 Å². The summed E-state index contributed by atoms with van der Waals surface area (Å²) in [6, 6.07) is 4.86. The van der Waals surface area contributed by atoms with Gasteiger partial charge in [0, 0.05) is 30.6 Å². The highest BCUT2D eigenvalue weighted by Gasteiger charge is 2.26. The van der Waals surface area contributed by atoms with Crippen LogP contribution in [-0.2, 0) is 0 Å². The van der Waals surface area contributed by atoms with Gasteiger partial charge in [0.2, 0.25) is 0 Å². The van der Waals surface area contributed by atoms with Crippen LogP contribution in [0.25, 0.3) is 0 Å². The number of thiazole rings is 1. The maximum Gasteiger partial charge on any atom is 0.164 e. The zero-order valence-electron chi connectivity index (χ0n) is 11.9. The van der Waals surface area contributed by atoms with Gasteiger partial charge in [0.1, 0.15) is 5.82 Å². The fourth-order valence-electron chi connectivity index (χ4n) is 2.96. The molecule has 0 amide bonds. The number of piperidine rings is 1. The minimum Gasteiger partial charge on any atom is -0.370 e. The Labute approximate surface area is 127 Å². The van der Waals surface area contributed by atoms with Crippen molar-refractivity contribution in [3.05, 3.63) is 46.2 Å². The van der Waals surface area contributed by atoms with Crippen LogP contribution in [0.15, 0.2) is 29.8 Å². The molecule has 3 rings (SSSR count). The molecule has 3 nitrogen and oxygen atoms in total. The molecule has 1 unspecified atom stereocenters. The second-order valence-electron chi connectivity index (χ2n) is 5.35. The Morgan fingerprint density at radius 2 is 2.33 bits per heavy atom. The smallest absolute Gasteiger partial charge is 0.164 e. The Morgan fingerprint density at radius 1 is 1.48 bits per heavy atom. The zero-order valence-corrected chi connectivity index (χ0v) is 12.7. The lowest BCUT2D eigenvalue weighted by atomic mass is 9.97. The highest BCUT2D eigenvalue weighted by atomic mass is 32.1. The number of rotatable bonds is 3. The Morgan fingerprint density at radius 3 is 3.05 bits per heavy atom. The Kier molecular flexibility index (Phi) is 4.01. The molecule has 0 aliphatic carbocycles. The lowest BCUT2D eigenvalue weighted by Crippen LogP contribution is -2.35. The van der Waals surface area contributed by atoms with E-state index in [1.54, 1.807) is 17.4 Å². The molecule has 0 bridgehead atoms. The number of anilines is 1. The summed E-state index contributed by atoms with van der Waals surface area (Å²) < 4.78 is 14.0. The standard InChI is InChI=1S/C16H17FN2OS/c1-11(20)15-13(17)5-2-6-14(15)19-8-3-4-12(10-19)16-18-7-9-21-16/h2,5-7,9,12H,3-4,8,10H2,1H3. The van der Waals surface area contributed by atoms with Gasteiger partial charge < -0.3 is 4.90 Å². The molecule has 0 saturated carbocycles. The van der Waals surface area contributed by atoms with Gasteiger partial charge in [-0.3, -0.25) is 4.79 Å². The maximum atomic E-state index is 14.0. The average Bonchev–Trinajstić information content (AvgIpc) is 3.01. The quantitative estimate of drug-likeness (QED) is 0.807. The van der Waals surface area contributed by atoms with Crippen LogP contribution in [0.3, 0.4) is 0 Å². The summed E-state index contributed by atoms with van der Waals surface area (Å²) in [5.74, 6) is -0.294. The van der Waals surface area contributed by atoms with Crippen molar-refractivity contribution in [3.63, 3.8) is 0 Å². The molecule has 110 valence electrons. The summed E-state index contributed by atoms with van der Waals surface area (Å²) in [4.78, 5) is 18.3. The first-order valence-corrected chi connectivity index (χ1v) is 7.98. The fraction of sp³-hybridized carbons (Fsp3) is 0.375. The molecule has 0 N–H and O–H groups in total. The van der Waals surface area contributed by atoms with E-state index in [0.717, 1.165) is 30.9 Å². The molecular weight excluding hydrogens is 287 g/mol. The number of hydrogen-bond donors (Lipinski definition) is 0. The zero-order chi connectivity index (χ0) is 14.8. The second-order valence-corrected chi connectivity index (χ2v) is 6.27. The number of halogens is 1. The molecule has 0 spiro atoms. The normalized spacial score (nSPS) is 18.8. The van der Waals surface area contributed by atoms with E-state index >= 15 is 0 Å². The molecule has 1 saturated heterocycles. The van der Waals surface area contributed by atoms with Crippen molar-refractivity contribution < 1.29 is 9.18 Å². The SMILES string of the molecule is CC(=O)c1c(F)cccc1N1CCCC(c2nccs2)C1. The van der Waals surface area contributed by atoms with Gasteiger partial charge in [-0.2, -0.15) is 0 Å². The van der Waals surface area contributed by atoms with Crippen molar-refractivity contribution in [1.29, 1.82) is 0 Å². The number of hydrogen-bond acceptors (Lipinski definition) is 4. The molecule has 1 aliphatic heterocycles. The third kappa shape index (κ3) is 2.83. The van der Waals surface area contributed by atoms with Crippen LogP contribution in [0.5, 0.6) is 0 Å². The van der Waals surface area contributed by atoms with E-state index in [1.165, 1.54) is 13.0 Å². The van der Waals surface area contributed by atoms with E-state index in [2.05, 4.69) is 9.88 Å². The van der Waals surface area contributed by atoms with Crippen molar-refractivity contribution in [2.75, 3.05) is 18.0 Å². The molecule has 5 heteroatoms. The second kappa shape index (κ2) is 5.93. The minimum atomic E-state index is -0.434. The van der Waals surface area contributed by atoms with Crippen molar-refractivity contribution >= 4 is 22.8 Å². The van der Waals surface area contributed by atoms with Crippen molar-refractivity contribution in [2.24, 2.45) is 0 Å². The molecule has 2 heterocycles. The van der Waals surface area contributed by atoms with Crippen molar-refractivity contribution in [2.45, 2.75) is 25.7 Å². The maximum absolute atomic E-state index is 14.0. The minimum absolute atomic E-state index is 0.206. The number of carbonyl (C=O) groups excluding carboxylic acids is 1. The van der Waals surface area contributed by atoms with Crippen LogP contribution >= 0.6 is 11.3 Å². The number of Topliss-reactive ketones (excluding diaryl/α,β-unsaturated/α-hetero) is 1. The van der Waals surface area contributed by atoms with Crippen molar-refractivity contribution in [3.8, 4) is 0 Å². The first-order valence-electron chi connectivity index (χ1n) is 7.10. The van der Waals surface area contributed by atoms with E-state index in [4.69, 9.17) is 0 Å². The first-order chi connectivity index (χ1) is 10.2. The summed E-state index contributed by atoms with van der Waals surface area (Å²) >= 11 is 1.66. The molecule has 2 aromatic rings. The van der Waals surface area contributed by atoms with Crippen LogP contribution in [0.1, 0.15) is 41.0 Å². The predicted molar refractivity (Wildman–Crippen MR) is 82.7 cm³/mol. The summed E-state index contributed by atoms with van der Waals surface area (Å²) in [5, 5.41) is 3.11. The van der Waals surface area contributed by atoms with Gasteiger partial charge in [-0.1, -0.05) is 6.07 Å². The molecule has 1 aromatic carbocycles. The van der Waals surface area contributed by atoms with Gasteiger partial charge in [-0.05, 0) is 31.9 Å². The van der Waals surface area contributed by atoms with Gasteiger partial charge in [0.15, 0.2) is 5.78 Å². The van der Waals surface area contributed by atoms with Gasteiger partial charge in [0.25, 0.3) is 0 Å². The Balaban J connectivity index is 1.90. The molecule has 1 fully saturated rings. The molecule has 21 heavy (non-hydrogen) atoms. The fourth-order valence-corrected chi connectivity index (χ4v) is 3.73. The number of ketones is 1. The largest absolute Gasteiger partial charge is 0.370 e. The van der Waals surface area contributed by atoms with Gasteiger partial charge in [0.05, 0.1) is 16.3 Å². The van der Waals surface area contributed by atoms with Crippen LogP contribution in [-0.4, -0.2) is 23.9 Å². The lowest BCUT2D eigenvalue weighted by molar-refractivity contribution is 0.101. The van der Waals surface area contributed by atoms with E-state index in [9.17, 15) is 9.18 Å². The Bertz CT molecular complexity index is 642. The first kappa shape index (κ1) is 14.2. The molecule has 1 atom stereocenters. The molecular formula is C16H17FN2OS. The van der Waals surface area contributed by atoms with E-state index < -0.39 is 5.82 Å². The van der Waals surface area contributed by atoms with Gasteiger partial charge >= 0.3 is 0 Å². The summed E-state index contributed by atoms with van der Waals surface area (Å²) in [7, 11) is 0. The summed E-state index contributed by atoms with van der Waals surface area (Å²) in [6.07, 6.45) is 3.94. The number of nitrogens with zero attached hydrogens (tertiary/aromatic N) is 2. The number of carbonyl (C=O) groups is 1. The van der Waals surface area contributed by atoms with E-state index in [0.29, 0.717) is 11.6 Å². The topological polar surface area (TPSA) is 33.2 Å². The van der Waals surface area contributed by atoms with E-state index in [-0.39, 0.29) is 11.3 Å². The average molecular weight is 304 g/mol. The third-order valence-corrected chi connectivity index (χ3v) is 4.84. The highest BCUT2D eigenvalue weighted by Crippen LogP contribution is 2.33. The molecule has 1 aliphatic rings. The molecule has 1 aromatic heterocycles. The van der Waals surface area contributed by atoms with Crippen LogP contribution in [0.2, 0.25) is 0 Å². The monoisotopic (exact) mass is 304 g/mol. The van der Waals surface area contributed by atoms with Gasteiger partial charge in [-0.25, -0.2) is 9.37 Å². The lowest BCUT2D eigenvalue weighted by Gasteiger charge is -2.34. The van der Waals surface area contributed by atoms with E-state index in [1.807, 2.05) is 17.6 Å². The summed E-state index contributed by atoms with van der Waals surface area (Å²) in [6.45, 7) is 3.06. The highest BCUT2D eigenvalue weighted by molar-refractivity contribution is 7.09. The van der Waals surface area contributed by atoms with Crippen LogP contribution in [0, 0.1) is 5.82 Å². The third-order valence-electron chi connectivity index (χ3n) is 3.91. The number of aromatic nitrogens is 1. The van der Waals surface area contributed by atoms with Crippen LogP contribution in [0.4, 0.5) is 10.1 Å².